The van der Waals surface area contributed by atoms with E-state index in [2.05, 4.69) is 22.0 Å². The molecule has 3 fully saturated rings. The predicted molar refractivity (Wildman–Crippen MR) is 106 cm³/mol. The maximum Gasteiger partial charge on any atom is 0.225 e. The summed E-state index contributed by atoms with van der Waals surface area (Å²) in [6.45, 7) is 9.66. The third-order valence-electron chi connectivity index (χ3n) is 5.92. The Hall–Kier alpha value is 0.220. The van der Waals surface area contributed by atoms with Gasteiger partial charge in [0, 0.05) is 45.3 Å². The van der Waals surface area contributed by atoms with Crippen LogP contribution in [0.1, 0.15) is 26.2 Å². The minimum Gasteiger partial charge on any atom is -0.355 e. The summed E-state index contributed by atoms with van der Waals surface area (Å²) >= 11 is 0. The fraction of sp³-hybridized carbons (Fsp3) is 0.938. The molecule has 3 rings (SSSR count). The van der Waals surface area contributed by atoms with Crippen molar-refractivity contribution in [2.45, 2.75) is 32.2 Å². The van der Waals surface area contributed by atoms with Crippen molar-refractivity contribution in [2.75, 3.05) is 45.8 Å². The zero-order chi connectivity index (χ0) is 14.8. The molecule has 2 bridgehead atoms. The van der Waals surface area contributed by atoms with E-state index < -0.39 is 0 Å². The van der Waals surface area contributed by atoms with Gasteiger partial charge in [0.05, 0.1) is 5.92 Å². The molecule has 1 saturated heterocycles. The van der Waals surface area contributed by atoms with Gasteiger partial charge in [-0.1, -0.05) is 6.92 Å². The molecule has 2 saturated carbocycles. The van der Waals surface area contributed by atoms with Gasteiger partial charge in [0.15, 0.2) is 0 Å². The van der Waals surface area contributed by atoms with Crippen molar-refractivity contribution in [2.24, 2.45) is 23.5 Å². The number of fused-ring (bicyclic) bond motifs is 2. The van der Waals surface area contributed by atoms with Gasteiger partial charge in [0.1, 0.15) is 0 Å². The number of piperazine rings is 1. The summed E-state index contributed by atoms with van der Waals surface area (Å²) in [6, 6.07) is 0.108. The summed E-state index contributed by atoms with van der Waals surface area (Å²) in [4.78, 5) is 17.3. The first-order valence-corrected chi connectivity index (χ1v) is 8.67. The minimum atomic E-state index is 0. The Labute approximate surface area is 164 Å². The number of nitrogens with zero attached hydrogens (tertiary/aromatic N) is 2. The van der Waals surface area contributed by atoms with Crippen LogP contribution >= 0.6 is 37.2 Å². The number of halogens is 3. The monoisotopic (exact) mass is 402 g/mol. The molecule has 1 amide bonds. The average Bonchev–Trinajstić information content (AvgIpc) is 3.08. The maximum atomic E-state index is 12.4. The number of hydrogen-bond donors (Lipinski definition) is 2. The number of nitrogens with one attached hydrogen (secondary N) is 1. The topological polar surface area (TPSA) is 61.6 Å². The quantitative estimate of drug-likeness (QED) is 0.728. The summed E-state index contributed by atoms with van der Waals surface area (Å²) in [5.74, 6) is 1.45. The van der Waals surface area contributed by atoms with E-state index in [0.29, 0.717) is 11.8 Å². The summed E-state index contributed by atoms with van der Waals surface area (Å²) in [6.07, 6.45) is 3.62. The van der Waals surface area contributed by atoms with Crippen LogP contribution < -0.4 is 11.1 Å². The van der Waals surface area contributed by atoms with Crippen LogP contribution in [-0.2, 0) is 4.79 Å². The second-order valence-electron chi connectivity index (χ2n) is 7.00. The van der Waals surface area contributed by atoms with Crippen LogP contribution in [0.3, 0.4) is 0 Å². The Morgan fingerprint density at radius 2 is 1.62 bits per heavy atom. The third kappa shape index (κ3) is 5.36. The van der Waals surface area contributed by atoms with E-state index in [1.165, 1.54) is 19.3 Å². The number of carbonyl (C=O) groups is 1. The standard InChI is InChI=1S/C16H30N4O.3ClH/c1-2-19-7-9-20(10-8-19)6-5-18-16(21)14-12-3-4-13(11-12)15(14)17;;;/h12-15H,2-11,17H2,1H3,(H,18,21);3*1H. The van der Waals surface area contributed by atoms with Crippen molar-refractivity contribution < 1.29 is 4.79 Å². The molecule has 2 aliphatic carbocycles. The van der Waals surface area contributed by atoms with Crippen LogP contribution in [0.5, 0.6) is 0 Å². The number of amides is 1. The van der Waals surface area contributed by atoms with Crippen LogP contribution in [0.4, 0.5) is 0 Å². The highest BCUT2D eigenvalue weighted by atomic mass is 35.5. The van der Waals surface area contributed by atoms with Crippen LogP contribution in [0, 0.1) is 17.8 Å². The van der Waals surface area contributed by atoms with Crippen LogP contribution in [-0.4, -0.2) is 67.6 Å². The minimum absolute atomic E-state index is 0. The van der Waals surface area contributed by atoms with Gasteiger partial charge in [-0.05, 0) is 37.6 Å². The molecular formula is C16H33Cl3N4O. The lowest BCUT2D eigenvalue weighted by Crippen LogP contribution is -2.50. The average molecular weight is 404 g/mol. The molecule has 3 N–H and O–H groups in total. The van der Waals surface area contributed by atoms with E-state index in [-0.39, 0.29) is 55.1 Å². The Morgan fingerprint density at radius 1 is 1.04 bits per heavy atom. The molecule has 4 unspecified atom stereocenters. The second-order valence-corrected chi connectivity index (χ2v) is 7.00. The molecule has 0 aromatic carbocycles. The van der Waals surface area contributed by atoms with Crippen molar-refractivity contribution in [3.05, 3.63) is 0 Å². The lowest BCUT2D eigenvalue weighted by atomic mass is 9.84. The highest BCUT2D eigenvalue weighted by molar-refractivity contribution is 5.86. The number of carbonyl (C=O) groups excluding carboxylic acids is 1. The van der Waals surface area contributed by atoms with E-state index in [1.54, 1.807) is 0 Å². The van der Waals surface area contributed by atoms with Gasteiger partial charge in [-0.3, -0.25) is 9.69 Å². The molecule has 144 valence electrons. The van der Waals surface area contributed by atoms with Crippen LogP contribution in [0.15, 0.2) is 0 Å². The second kappa shape index (κ2) is 11.0. The van der Waals surface area contributed by atoms with E-state index >= 15 is 0 Å². The van der Waals surface area contributed by atoms with Gasteiger partial charge < -0.3 is 16.0 Å². The Kier molecular flexibility index (Phi) is 11.1. The van der Waals surface area contributed by atoms with Crippen molar-refractivity contribution >= 4 is 43.1 Å². The molecule has 0 spiro atoms. The highest BCUT2D eigenvalue weighted by Gasteiger charge is 2.48. The van der Waals surface area contributed by atoms with Gasteiger partial charge in [-0.25, -0.2) is 0 Å². The van der Waals surface area contributed by atoms with Crippen molar-refractivity contribution in [3.8, 4) is 0 Å². The first-order valence-electron chi connectivity index (χ1n) is 8.67. The summed E-state index contributed by atoms with van der Waals surface area (Å²) < 4.78 is 0. The van der Waals surface area contributed by atoms with Gasteiger partial charge in [-0.15, -0.1) is 37.2 Å². The van der Waals surface area contributed by atoms with E-state index in [9.17, 15) is 4.79 Å². The predicted octanol–water partition coefficient (Wildman–Crippen LogP) is 1.38. The molecular weight excluding hydrogens is 371 g/mol. The molecule has 1 aliphatic heterocycles. The molecule has 5 nitrogen and oxygen atoms in total. The lowest BCUT2D eigenvalue weighted by Gasteiger charge is -2.34. The number of hydrogen-bond acceptors (Lipinski definition) is 4. The molecule has 1 heterocycles. The number of rotatable bonds is 5. The number of likely N-dealkylation sites (N-methyl/N-ethyl adjacent to an activating group) is 1. The fourth-order valence-corrected chi connectivity index (χ4v) is 4.51. The molecule has 3 aliphatic rings. The first-order chi connectivity index (χ1) is 10.2. The van der Waals surface area contributed by atoms with Gasteiger partial charge >= 0.3 is 0 Å². The third-order valence-corrected chi connectivity index (χ3v) is 5.92. The van der Waals surface area contributed by atoms with E-state index in [4.69, 9.17) is 5.73 Å². The molecule has 24 heavy (non-hydrogen) atoms. The Bertz CT molecular complexity index is 378. The summed E-state index contributed by atoms with van der Waals surface area (Å²) in [7, 11) is 0. The van der Waals surface area contributed by atoms with Crippen molar-refractivity contribution in [1.82, 2.24) is 15.1 Å². The van der Waals surface area contributed by atoms with Gasteiger partial charge in [0.25, 0.3) is 0 Å². The first kappa shape index (κ1) is 24.2. The molecule has 0 aromatic rings. The van der Waals surface area contributed by atoms with Crippen LogP contribution in [0.2, 0.25) is 0 Å². The molecule has 0 radical (unpaired) electrons. The zero-order valence-corrected chi connectivity index (χ0v) is 16.9. The summed E-state index contributed by atoms with van der Waals surface area (Å²) in [5, 5.41) is 3.14. The van der Waals surface area contributed by atoms with Crippen molar-refractivity contribution in [3.63, 3.8) is 0 Å². The van der Waals surface area contributed by atoms with E-state index in [1.807, 2.05) is 0 Å². The highest BCUT2D eigenvalue weighted by Crippen LogP contribution is 2.47. The molecule has 0 aromatic heterocycles. The zero-order valence-electron chi connectivity index (χ0n) is 14.5. The van der Waals surface area contributed by atoms with Gasteiger partial charge in [0.2, 0.25) is 5.91 Å². The smallest absolute Gasteiger partial charge is 0.225 e. The van der Waals surface area contributed by atoms with Gasteiger partial charge in [-0.2, -0.15) is 0 Å². The van der Waals surface area contributed by atoms with Crippen molar-refractivity contribution in [1.29, 1.82) is 0 Å². The Balaban J connectivity index is 0.00000176. The lowest BCUT2D eigenvalue weighted by molar-refractivity contribution is -0.127. The summed E-state index contributed by atoms with van der Waals surface area (Å²) in [5.41, 5.74) is 6.23. The maximum absolute atomic E-state index is 12.4. The van der Waals surface area contributed by atoms with E-state index in [0.717, 1.165) is 45.8 Å². The SMILES string of the molecule is CCN1CCN(CCNC(=O)C2C3CCC(C3)C2N)CC1.Cl.Cl.Cl. The number of nitrogens with two attached hydrogens (primary N) is 1. The molecule has 4 atom stereocenters. The van der Waals surface area contributed by atoms with Crippen LogP contribution in [0.25, 0.3) is 0 Å². The molecule has 8 heteroatoms. The largest absolute Gasteiger partial charge is 0.355 e. The Morgan fingerprint density at radius 3 is 2.17 bits per heavy atom. The fourth-order valence-electron chi connectivity index (χ4n) is 4.51. The normalized spacial score (nSPS) is 32.4.